The Morgan fingerprint density at radius 1 is 1.09 bits per heavy atom. The Morgan fingerprint density at radius 2 is 1.78 bits per heavy atom. The van der Waals surface area contributed by atoms with E-state index in [1.807, 2.05) is 0 Å². The minimum Gasteiger partial charge on any atom is -0.449 e. The highest BCUT2D eigenvalue weighted by molar-refractivity contribution is 6.43. The van der Waals surface area contributed by atoms with E-state index in [4.69, 9.17) is 39.5 Å². The van der Waals surface area contributed by atoms with Crippen LogP contribution >= 0.6 is 34.8 Å². The molecule has 0 aromatic heterocycles. The van der Waals surface area contributed by atoms with E-state index in [2.05, 4.69) is 9.99 Å². The largest absolute Gasteiger partial charge is 0.449 e. The molecule has 0 aliphatic carbocycles. The first-order valence-corrected chi connectivity index (χ1v) is 7.23. The first-order valence-electron chi connectivity index (χ1n) is 6.09. The second-order valence-electron chi connectivity index (χ2n) is 4.20. The van der Waals surface area contributed by atoms with E-state index in [-0.39, 0.29) is 32.3 Å². The lowest BCUT2D eigenvalue weighted by Gasteiger charge is -2.09. The summed E-state index contributed by atoms with van der Waals surface area (Å²) in [6.45, 7) is 0. The topological polar surface area (TPSA) is 74.0 Å². The van der Waals surface area contributed by atoms with Crippen molar-refractivity contribution in [2.24, 2.45) is 5.16 Å². The highest BCUT2D eigenvalue weighted by Crippen LogP contribution is 2.39. The molecule has 2 rings (SSSR count). The molecule has 0 aliphatic heterocycles. The van der Waals surface area contributed by atoms with Gasteiger partial charge in [-0.2, -0.15) is 0 Å². The third-order valence-corrected chi connectivity index (χ3v) is 3.70. The first kappa shape index (κ1) is 17.3. The third-order valence-electron chi connectivity index (χ3n) is 2.68. The SMILES string of the molecule is CO/N=C/c1ccc(Oc2cc(Cl)c(Cl)cc2Cl)c([N+](=O)[O-])c1. The molecule has 0 saturated carbocycles. The first-order chi connectivity index (χ1) is 10.9. The third kappa shape index (κ3) is 4.25. The summed E-state index contributed by atoms with van der Waals surface area (Å²) in [5, 5.41) is 15.4. The van der Waals surface area contributed by atoms with E-state index >= 15 is 0 Å². The van der Waals surface area contributed by atoms with Crippen LogP contribution in [0.1, 0.15) is 5.56 Å². The van der Waals surface area contributed by atoms with Crippen LogP contribution in [-0.4, -0.2) is 18.2 Å². The van der Waals surface area contributed by atoms with Crippen molar-refractivity contribution in [1.29, 1.82) is 0 Å². The fraction of sp³-hybridized carbons (Fsp3) is 0.0714. The molecule has 2 aromatic carbocycles. The van der Waals surface area contributed by atoms with Crippen molar-refractivity contribution in [3.63, 3.8) is 0 Å². The number of ether oxygens (including phenoxy) is 1. The zero-order valence-electron chi connectivity index (χ0n) is 11.6. The Labute approximate surface area is 146 Å². The van der Waals surface area contributed by atoms with Crippen LogP contribution in [-0.2, 0) is 4.84 Å². The summed E-state index contributed by atoms with van der Waals surface area (Å²) in [5.41, 5.74) is 0.221. The van der Waals surface area contributed by atoms with Gasteiger partial charge < -0.3 is 9.57 Å². The van der Waals surface area contributed by atoms with Gasteiger partial charge in [0.05, 0.1) is 26.2 Å². The second kappa shape index (κ2) is 7.50. The fourth-order valence-corrected chi connectivity index (χ4v) is 2.23. The Kier molecular flexibility index (Phi) is 5.65. The molecular formula is C14H9Cl3N2O4. The van der Waals surface area contributed by atoms with Crippen molar-refractivity contribution in [2.75, 3.05) is 7.11 Å². The number of benzene rings is 2. The van der Waals surface area contributed by atoms with Gasteiger partial charge >= 0.3 is 5.69 Å². The summed E-state index contributed by atoms with van der Waals surface area (Å²) in [5.74, 6) is 0.160. The van der Waals surface area contributed by atoms with Gasteiger partial charge in [0.2, 0.25) is 5.75 Å². The Morgan fingerprint density at radius 3 is 2.43 bits per heavy atom. The Hall–Kier alpha value is -2.02. The number of halogens is 3. The maximum Gasteiger partial charge on any atom is 0.312 e. The number of rotatable bonds is 5. The maximum atomic E-state index is 11.2. The lowest BCUT2D eigenvalue weighted by atomic mass is 10.2. The average molecular weight is 376 g/mol. The van der Waals surface area contributed by atoms with Gasteiger partial charge in [0.25, 0.3) is 0 Å². The summed E-state index contributed by atoms with van der Waals surface area (Å²) in [7, 11) is 1.37. The van der Waals surface area contributed by atoms with Crippen molar-refractivity contribution >= 4 is 46.7 Å². The van der Waals surface area contributed by atoms with Gasteiger partial charge in [0.1, 0.15) is 12.9 Å². The molecule has 2 aromatic rings. The molecule has 0 amide bonds. The number of hydrogen-bond acceptors (Lipinski definition) is 5. The van der Waals surface area contributed by atoms with Crippen molar-refractivity contribution in [1.82, 2.24) is 0 Å². The van der Waals surface area contributed by atoms with E-state index < -0.39 is 4.92 Å². The van der Waals surface area contributed by atoms with Crippen LogP contribution in [0.4, 0.5) is 5.69 Å². The van der Waals surface area contributed by atoms with Gasteiger partial charge in [-0.15, -0.1) is 0 Å². The van der Waals surface area contributed by atoms with E-state index in [1.165, 1.54) is 37.6 Å². The van der Waals surface area contributed by atoms with Crippen molar-refractivity contribution in [2.45, 2.75) is 0 Å². The number of nitrogens with zero attached hydrogens (tertiary/aromatic N) is 2. The molecule has 6 nitrogen and oxygen atoms in total. The molecule has 9 heteroatoms. The Bertz CT molecular complexity index is 781. The van der Waals surface area contributed by atoms with Crippen LogP contribution in [0.5, 0.6) is 11.5 Å². The van der Waals surface area contributed by atoms with Crippen molar-refractivity contribution < 1.29 is 14.5 Å². The number of oxime groups is 1. The Balaban J connectivity index is 2.41. The summed E-state index contributed by atoms with van der Waals surface area (Å²) in [6, 6.07) is 7.08. The normalized spacial score (nSPS) is 10.8. The summed E-state index contributed by atoms with van der Waals surface area (Å²) in [4.78, 5) is 15.2. The van der Waals surface area contributed by atoms with Crippen molar-refractivity contribution in [3.8, 4) is 11.5 Å². The molecule has 0 spiro atoms. The van der Waals surface area contributed by atoms with Gasteiger partial charge in [0, 0.05) is 17.7 Å². The molecule has 0 aliphatic rings. The van der Waals surface area contributed by atoms with E-state index in [9.17, 15) is 10.1 Å². The molecule has 0 atom stereocenters. The molecule has 0 saturated heterocycles. The molecule has 0 fully saturated rings. The highest BCUT2D eigenvalue weighted by atomic mass is 35.5. The molecule has 23 heavy (non-hydrogen) atoms. The minimum atomic E-state index is -0.578. The summed E-state index contributed by atoms with van der Waals surface area (Å²) >= 11 is 17.7. The standard InChI is InChI=1S/C14H9Cl3N2O4/c1-22-18-7-8-2-3-13(12(4-8)19(20)21)23-14-6-10(16)9(15)5-11(14)17/h2-7H,1H3/b18-7+. The van der Waals surface area contributed by atoms with Crippen molar-refractivity contribution in [3.05, 3.63) is 61.1 Å². The van der Waals surface area contributed by atoms with Gasteiger partial charge in [-0.3, -0.25) is 10.1 Å². The van der Waals surface area contributed by atoms with Crippen LogP contribution in [0.25, 0.3) is 0 Å². The van der Waals surface area contributed by atoms with Gasteiger partial charge in [-0.25, -0.2) is 0 Å². The molecule has 0 bridgehead atoms. The lowest BCUT2D eigenvalue weighted by molar-refractivity contribution is -0.385. The fourth-order valence-electron chi connectivity index (χ4n) is 1.66. The quantitative estimate of drug-likeness (QED) is 0.306. The van der Waals surface area contributed by atoms with Crippen LogP contribution in [0, 0.1) is 10.1 Å². The monoisotopic (exact) mass is 374 g/mol. The molecule has 0 unspecified atom stereocenters. The highest BCUT2D eigenvalue weighted by Gasteiger charge is 2.18. The molecule has 0 radical (unpaired) electrons. The predicted octanol–water partition coefficient (Wildman–Crippen LogP) is 5.33. The van der Waals surface area contributed by atoms with Gasteiger partial charge in [0.15, 0.2) is 0 Å². The predicted molar refractivity (Wildman–Crippen MR) is 89.2 cm³/mol. The van der Waals surface area contributed by atoms with Crippen LogP contribution in [0.15, 0.2) is 35.5 Å². The van der Waals surface area contributed by atoms with Crippen LogP contribution < -0.4 is 4.74 Å². The van der Waals surface area contributed by atoms with E-state index in [1.54, 1.807) is 6.07 Å². The van der Waals surface area contributed by atoms with Crippen LogP contribution in [0.2, 0.25) is 15.1 Å². The zero-order valence-corrected chi connectivity index (χ0v) is 13.9. The average Bonchev–Trinajstić information content (AvgIpc) is 2.51. The minimum absolute atomic E-state index is 0.00450. The smallest absolute Gasteiger partial charge is 0.312 e. The lowest BCUT2D eigenvalue weighted by Crippen LogP contribution is -1.96. The summed E-state index contributed by atoms with van der Waals surface area (Å²) in [6.07, 6.45) is 1.34. The number of nitro benzene ring substituents is 1. The molecule has 0 heterocycles. The van der Waals surface area contributed by atoms with Crippen LogP contribution in [0.3, 0.4) is 0 Å². The van der Waals surface area contributed by atoms with E-state index in [0.717, 1.165) is 0 Å². The molecular weight excluding hydrogens is 367 g/mol. The number of hydrogen-bond donors (Lipinski definition) is 0. The van der Waals surface area contributed by atoms with Gasteiger partial charge in [-0.1, -0.05) is 40.0 Å². The molecule has 0 N–H and O–H groups in total. The molecule has 120 valence electrons. The maximum absolute atomic E-state index is 11.2. The number of nitro groups is 1. The van der Waals surface area contributed by atoms with Gasteiger partial charge in [-0.05, 0) is 18.2 Å². The van der Waals surface area contributed by atoms with E-state index in [0.29, 0.717) is 5.56 Å². The second-order valence-corrected chi connectivity index (χ2v) is 5.42. The summed E-state index contributed by atoms with van der Waals surface area (Å²) < 4.78 is 5.50. The zero-order chi connectivity index (χ0) is 17.0.